The predicted molar refractivity (Wildman–Crippen MR) is 61.8 cm³/mol. The van der Waals surface area contributed by atoms with Gasteiger partial charge in [-0.25, -0.2) is 4.79 Å². The van der Waals surface area contributed by atoms with Crippen molar-refractivity contribution in [2.24, 2.45) is 0 Å². The molecule has 1 fully saturated rings. The number of nitrogens with one attached hydrogen (secondary N) is 1. The van der Waals surface area contributed by atoms with Gasteiger partial charge in [0.05, 0.1) is 7.11 Å². The molecule has 0 bridgehead atoms. The van der Waals surface area contributed by atoms with Gasteiger partial charge in [0, 0.05) is 5.92 Å². The van der Waals surface area contributed by atoms with Gasteiger partial charge in [-0.1, -0.05) is 30.6 Å². The summed E-state index contributed by atoms with van der Waals surface area (Å²) in [6.45, 7) is 0. The third-order valence-corrected chi connectivity index (χ3v) is 3.79. The molecule has 1 aromatic heterocycles. The maximum atomic E-state index is 11.0. The first-order valence-corrected chi connectivity index (χ1v) is 6.29. The SMILES string of the molecule is COC(=O)Nc1nnc(C2CCCCC2)s1. The van der Waals surface area contributed by atoms with Gasteiger partial charge in [-0.3, -0.25) is 5.32 Å². The van der Waals surface area contributed by atoms with E-state index in [9.17, 15) is 4.79 Å². The van der Waals surface area contributed by atoms with Crippen molar-refractivity contribution >= 4 is 22.6 Å². The van der Waals surface area contributed by atoms with Gasteiger partial charge in [0.1, 0.15) is 5.01 Å². The Balaban J connectivity index is 1.98. The van der Waals surface area contributed by atoms with Gasteiger partial charge in [0.15, 0.2) is 0 Å². The lowest BCUT2D eigenvalue weighted by Crippen LogP contribution is -2.10. The Morgan fingerprint density at radius 3 is 2.81 bits per heavy atom. The van der Waals surface area contributed by atoms with E-state index >= 15 is 0 Å². The van der Waals surface area contributed by atoms with Crippen LogP contribution in [-0.4, -0.2) is 23.4 Å². The standard InChI is InChI=1S/C10H15N3O2S/c1-15-10(14)11-9-13-12-8(16-9)7-5-3-2-4-6-7/h7H,2-6H2,1H3,(H,11,13,14). The van der Waals surface area contributed by atoms with Crippen LogP contribution in [0, 0.1) is 0 Å². The van der Waals surface area contributed by atoms with Crippen molar-refractivity contribution in [1.82, 2.24) is 10.2 Å². The second-order valence-corrected chi connectivity index (χ2v) is 4.91. The van der Waals surface area contributed by atoms with Crippen molar-refractivity contribution < 1.29 is 9.53 Å². The van der Waals surface area contributed by atoms with E-state index in [2.05, 4.69) is 20.3 Å². The zero-order chi connectivity index (χ0) is 11.4. The van der Waals surface area contributed by atoms with Gasteiger partial charge in [0.2, 0.25) is 5.13 Å². The van der Waals surface area contributed by atoms with E-state index < -0.39 is 6.09 Å². The quantitative estimate of drug-likeness (QED) is 0.864. The minimum Gasteiger partial charge on any atom is -0.453 e. The molecule has 1 aromatic rings. The molecule has 0 aliphatic heterocycles. The maximum absolute atomic E-state index is 11.0. The van der Waals surface area contributed by atoms with Crippen LogP contribution in [0.3, 0.4) is 0 Å². The second-order valence-electron chi connectivity index (χ2n) is 3.90. The van der Waals surface area contributed by atoms with Crippen molar-refractivity contribution in [3.8, 4) is 0 Å². The van der Waals surface area contributed by atoms with Gasteiger partial charge in [-0.2, -0.15) is 0 Å². The number of hydrogen-bond donors (Lipinski definition) is 1. The third-order valence-electron chi connectivity index (χ3n) is 2.79. The highest BCUT2D eigenvalue weighted by molar-refractivity contribution is 7.15. The Kier molecular flexibility index (Phi) is 3.71. The molecule has 6 heteroatoms. The summed E-state index contributed by atoms with van der Waals surface area (Å²) in [5, 5.41) is 12.2. The summed E-state index contributed by atoms with van der Waals surface area (Å²) < 4.78 is 4.50. The zero-order valence-electron chi connectivity index (χ0n) is 9.23. The molecule has 0 spiro atoms. The molecule has 1 aliphatic carbocycles. The van der Waals surface area contributed by atoms with E-state index in [1.54, 1.807) is 0 Å². The first-order chi connectivity index (χ1) is 7.79. The molecule has 1 saturated carbocycles. The van der Waals surface area contributed by atoms with Gasteiger partial charge in [-0.15, -0.1) is 10.2 Å². The fourth-order valence-corrected chi connectivity index (χ4v) is 2.84. The Morgan fingerprint density at radius 1 is 1.38 bits per heavy atom. The number of carbonyl (C=O) groups excluding carboxylic acids is 1. The summed E-state index contributed by atoms with van der Waals surface area (Å²) >= 11 is 1.45. The van der Waals surface area contributed by atoms with Crippen LogP contribution in [0.5, 0.6) is 0 Å². The molecule has 0 unspecified atom stereocenters. The van der Waals surface area contributed by atoms with Crippen LogP contribution < -0.4 is 5.32 Å². The van der Waals surface area contributed by atoms with E-state index in [1.807, 2.05) is 0 Å². The molecule has 16 heavy (non-hydrogen) atoms. The number of amides is 1. The van der Waals surface area contributed by atoms with Crippen LogP contribution >= 0.6 is 11.3 Å². The fraction of sp³-hybridized carbons (Fsp3) is 0.700. The number of carbonyl (C=O) groups is 1. The second kappa shape index (κ2) is 5.25. The van der Waals surface area contributed by atoms with E-state index in [-0.39, 0.29) is 0 Å². The number of aromatic nitrogens is 2. The number of hydrogen-bond acceptors (Lipinski definition) is 5. The summed E-state index contributed by atoms with van der Waals surface area (Å²) in [5.41, 5.74) is 0. The molecule has 88 valence electrons. The van der Waals surface area contributed by atoms with Crippen molar-refractivity contribution in [2.75, 3.05) is 12.4 Å². The Labute approximate surface area is 98.2 Å². The van der Waals surface area contributed by atoms with E-state index in [1.165, 1.54) is 50.6 Å². The molecule has 0 radical (unpaired) electrons. The van der Waals surface area contributed by atoms with Crippen LogP contribution in [0.15, 0.2) is 0 Å². The molecule has 0 saturated heterocycles. The molecule has 1 aliphatic rings. The predicted octanol–water partition coefficient (Wildman–Crippen LogP) is 2.76. The zero-order valence-corrected chi connectivity index (χ0v) is 10.0. The Morgan fingerprint density at radius 2 is 2.12 bits per heavy atom. The summed E-state index contributed by atoms with van der Waals surface area (Å²) in [7, 11) is 1.33. The Bertz CT molecular complexity index is 361. The van der Waals surface area contributed by atoms with E-state index in [0.29, 0.717) is 11.0 Å². The number of anilines is 1. The van der Waals surface area contributed by atoms with Crippen LogP contribution in [0.1, 0.15) is 43.0 Å². The number of nitrogens with zero attached hydrogens (tertiary/aromatic N) is 2. The van der Waals surface area contributed by atoms with Gasteiger partial charge >= 0.3 is 6.09 Å². The highest BCUT2D eigenvalue weighted by Gasteiger charge is 2.20. The highest BCUT2D eigenvalue weighted by Crippen LogP contribution is 2.35. The van der Waals surface area contributed by atoms with Crippen LogP contribution in [0.25, 0.3) is 0 Å². The summed E-state index contributed by atoms with van der Waals surface area (Å²) in [6.07, 6.45) is 5.74. The monoisotopic (exact) mass is 241 g/mol. The minimum absolute atomic E-state index is 0.494. The lowest BCUT2D eigenvalue weighted by Gasteiger charge is -2.18. The summed E-state index contributed by atoms with van der Waals surface area (Å²) in [4.78, 5) is 11.0. The third kappa shape index (κ3) is 2.69. The molecule has 1 amide bonds. The van der Waals surface area contributed by atoms with Crippen molar-refractivity contribution in [2.45, 2.75) is 38.0 Å². The molecule has 1 N–H and O–H groups in total. The van der Waals surface area contributed by atoms with Crippen LogP contribution in [0.4, 0.5) is 9.93 Å². The summed E-state index contributed by atoms with van der Waals surface area (Å²) in [6, 6.07) is 0. The molecule has 5 nitrogen and oxygen atoms in total. The van der Waals surface area contributed by atoms with Crippen LogP contribution in [-0.2, 0) is 4.74 Å². The van der Waals surface area contributed by atoms with Crippen molar-refractivity contribution in [3.05, 3.63) is 5.01 Å². The number of ether oxygens (including phenoxy) is 1. The fourth-order valence-electron chi connectivity index (χ4n) is 1.94. The first kappa shape index (κ1) is 11.3. The molecular weight excluding hydrogens is 226 g/mol. The number of rotatable bonds is 2. The lowest BCUT2D eigenvalue weighted by molar-refractivity contribution is 0.187. The maximum Gasteiger partial charge on any atom is 0.413 e. The lowest BCUT2D eigenvalue weighted by atomic mass is 9.90. The summed E-state index contributed by atoms with van der Waals surface area (Å²) in [5.74, 6) is 0.527. The molecule has 0 aromatic carbocycles. The van der Waals surface area contributed by atoms with E-state index in [4.69, 9.17) is 0 Å². The van der Waals surface area contributed by atoms with Gasteiger partial charge in [0.25, 0.3) is 0 Å². The van der Waals surface area contributed by atoms with Gasteiger partial charge in [-0.05, 0) is 12.8 Å². The van der Waals surface area contributed by atoms with Crippen molar-refractivity contribution in [3.63, 3.8) is 0 Å². The molecule has 1 heterocycles. The Hall–Kier alpha value is -1.17. The molecular formula is C10H15N3O2S. The topological polar surface area (TPSA) is 64.1 Å². The highest BCUT2D eigenvalue weighted by atomic mass is 32.1. The van der Waals surface area contributed by atoms with Gasteiger partial charge < -0.3 is 4.74 Å². The smallest absolute Gasteiger partial charge is 0.413 e. The average Bonchev–Trinajstić information content (AvgIpc) is 2.78. The first-order valence-electron chi connectivity index (χ1n) is 5.48. The molecule has 0 atom stereocenters. The molecule has 2 rings (SSSR count). The largest absolute Gasteiger partial charge is 0.453 e. The van der Waals surface area contributed by atoms with Crippen LogP contribution in [0.2, 0.25) is 0 Å². The van der Waals surface area contributed by atoms with Crippen molar-refractivity contribution in [1.29, 1.82) is 0 Å². The normalized spacial score (nSPS) is 17.1. The number of methoxy groups -OCH3 is 1. The minimum atomic E-state index is -0.494. The van der Waals surface area contributed by atoms with E-state index in [0.717, 1.165) is 5.01 Å². The average molecular weight is 241 g/mol.